The number of aliphatic carboxylic acids is 1. The van der Waals surface area contributed by atoms with Gasteiger partial charge in [0.15, 0.2) is 5.41 Å². The van der Waals surface area contributed by atoms with Gasteiger partial charge in [0.1, 0.15) is 0 Å². The van der Waals surface area contributed by atoms with Crippen LogP contribution in [0, 0.1) is 5.41 Å². The highest BCUT2D eigenvalue weighted by molar-refractivity contribution is 8.00. The Morgan fingerprint density at radius 1 is 1.43 bits per heavy atom. The fraction of sp³-hybridized carbons (Fsp3) is 0.833. The van der Waals surface area contributed by atoms with E-state index >= 15 is 0 Å². The summed E-state index contributed by atoms with van der Waals surface area (Å²) < 4.78 is 39.0. The van der Waals surface area contributed by atoms with Crippen LogP contribution in [-0.4, -0.2) is 58.8 Å². The Hall–Kier alpha value is -1.12. The van der Waals surface area contributed by atoms with Gasteiger partial charge in [-0.3, -0.25) is 4.79 Å². The van der Waals surface area contributed by atoms with E-state index in [0.717, 1.165) is 23.5 Å². The van der Waals surface area contributed by atoms with Crippen molar-refractivity contribution in [1.82, 2.24) is 10.2 Å². The number of amides is 2. The van der Waals surface area contributed by atoms with Crippen LogP contribution in [0.3, 0.4) is 0 Å². The molecule has 120 valence electrons. The van der Waals surface area contributed by atoms with Crippen molar-refractivity contribution < 1.29 is 27.9 Å². The number of hydrogen-bond donors (Lipinski definition) is 2. The third-order valence-corrected chi connectivity index (χ3v) is 5.41. The van der Waals surface area contributed by atoms with Crippen molar-refractivity contribution in [2.24, 2.45) is 5.41 Å². The number of urea groups is 1. The van der Waals surface area contributed by atoms with E-state index < -0.39 is 36.6 Å². The van der Waals surface area contributed by atoms with Crippen LogP contribution in [0.5, 0.6) is 0 Å². The number of alkyl halides is 3. The second-order valence-corrected chi connectivity index (χ2v) is 6.79. The van der Waals surface area contributed by atoms with Gasteiger partial charge in [-0.25, -0.2) is 4.79 Å². The van der Waals surface area contributed by atoms with Gasteiger partial charge < -0.3 is 15.3 Å². The number of carbonyl (C=O) groups is 2. The van der Waals surface area contributed by atoms with E-state index in [1.54, 1.807) is 11.8 Å². The van der Waals surface area contributed by atoms with Gasteiger partial charge in [0.05, 0.1) is 0 Å². The molecule has 0 radical (unpaired) electrons. The monoisotopic (exact) mass is 326 g/mol. The van der Waals surface area contributed by atoms with Crippen LogP contribution in [0.1, 0.15) is 19.3 Å². The summed E-state index contributed by atoms with van der Waals surface area (Å²) in [5.74, 6) is -0.892. The van der Waals surface area contributed by atoms with E-state index in [2.05, 4.69) is 5.32 Å². The molecule has 0 bridgehead atoms. The van der Waals surface area contributed by atoms with Crippen molar-refractivity contribution in [3.63, 3.8) is 0 Å². The minimum absolute atomic E-state index is 0.199. The lowest BCUT2D eigenvalue weighted by molar-refractivity contribution is -0.226. The maximum Gasteiger partial charge on any atom is 0.406 e. The second kappa shape index (κ2) is 5.94. The molecule has 0 aromatic rings. The summed E-state index contributed by atoms with van der Waals surface area (Å²) in [6, 6.07) is -0.616. The van der Waals surface area contributed by atoms with E-state index in [0.29, 0.717) is 11.8 Å². The molecule has 2 fully saturated rings. The number of nitrogens with one attached hydrogen (secondary N) is 1. The molecule has 2 aliphatic rings. The molecule has 2 amide bonds. The van der Waals surface area contributed by atoms with Gasteiger partial charge in [-0.1, -0.05) is 0 Å². The van der Waals surface area contributed by atoms with Gasteiger partial charge in [-0.15, -0.1) is 0 Å². The van der Waals surface area contributed by atoms with E-state index in [4.69, 9.17) is 5.11 Å². The Morgan fingerprint density at radius 3 is 2.62 bits per heavy atom. The number of thioether (sulfide) groups is 1. The molecule has 2 rings (SSSR count). The lowest BCUT2D eigenvalue weighted by Gasteiger charge is -2.27. The van der Waals surface area contributed by atoms with Crippen LogP contribution in [0.15, 0.2) is 0 Å². The van der Waals surface area contributed by atoms with Gasteiger partial charge >= 0.3 is 18.2 Å². The van der Waals surface area contributed by atoms with Crippen molar-refractivity contribution in [3.05, 3.63) is 0 Å². The van der Waals surface area contributed by atoms with Crippen molar-refractivity contribution in [3.8, 4) is 0 Å². The number of nitrogens with zero attached hydrogens (tertiary/aromatic N) is 1. The highest BCUT2D eigenvalue weighted by Gasteiger charge is 2.64. The molecule has 9 heteroatoms. The zero-order chi connectivity index (χ0) is 15.7. The third-order valence-electron chi connectivity index (χ3n) is 4.01. The molecule has 2 heterocycles. The third kappa shape index (κ3) is 3.22. The molecule has 2 aliphatic heterocycles. The number of carbonyl (C=O) groups excluding carboxylic acids is 1. The fourth-order valence-corrected chi connectivity index (χ4v) is 3.83. The Kier molecular flexibility index (Phi) is 4.60. The van der Waals surface area contributed by atoms with Gasteiger partial charge in [0, 0.05) is 24.9 Å². The summed E-state index contributed by atoms with van der Waals surface area (Å²) >= 11 is 1.73. The number of likely N-dealkylation sites (tertiary alicyclic amines) is 1. The Labute approximate surface area is 124 Å². The predicted octanol–water partition coefficient (Wildman–Crippen LogP) is 1.93. The summed E-state index contributed by atoms with van der Waals surface area (Å²) in [6.45, 7) is -0.614. The largest absolute Gasteiger partial charge is 0.481 e. The minimum atomic E-state index is -4.87. The number of halogens is 3. The van der Waals surface area contributed by atoms with E-state index in [9.17, 15) is 22.8 Å². The van der Waals surface area contributed by atoms with Crippen LogP contribution in [-0.2, 0) is 4.79 Å². The van der Waals surface area contributed by atoms with Crippen LogP contribution in [0.25, 0.3) is 0 Å². The SMILES string of the molecule is O=C(NCC1CCCS1)N1CCC(C(=O)O)(C(F)(F)F)C1. The first-order valence-corrected chi connectivity index (χ1v) is 7.76. The number of rotatable bonds is 3. The van der Waals surface area contributed by atoms with Gasteiger partial charge in [0.2, 0.25) is 0 Å². The molecule has 2 saturated heterocycles. The quantitative estimate of drug-likeness (QED) is 0.831. The average molecular weight is 326 g/mol. The molecule has 2 N–H and O–H groups in total. The zero-order valence-electron chi connectivity index (χ0n) is 11.3. The number of carboxylic acids is 1. The fourth-order valence-electron chi connectivity index (χ4n) is 2.63. The minimum Gasteiger partial charge on any atom is -0.481 e. The van der Waals surface area contributed by atoms with Crippen LogP contribution < -0.4 is 5.32 Å². The van der Waals surface area contributed by atoms with Crippen molar-refractivity contribution in [2.45, 2.75) is 30.7 Å². The number of hydrogen-bond acceptors (Lipinski definition) is 3. The van der Waals surface area contributed by atoms with Gasteiger partial charge in [-0.05, 0) is 25.0 Å². The highest BCUT2D eigenvalue weighted by atomic mass is 32.2. The Bertz CT molecular complexity index is 426. The molecule has 0 aliphatic carbocycles. The first-order valence-electron chi connectivity index (χ1n) is 6.71. The smallest absolute Gasteiger partial charge is 0.406 e. The summed E-state index contributed by atoms with van der Waals surface area (Å²) in [5, 5.41) is 11.8. The Balaban J connectivity index is 1.93. The molecule has 2 atom stereocenters. The summed E-state index contributed by atoms with van der Waals surface area (Å²) in [7, 11) is 0. The summed E-state index contributed by atoms with van der Waals surface area (Å²) in [4.78, 5) is 23.9. The average Bonchev–Trinajstić information content (AvgIpc) is 3.04. The lowest BCUT2D eigenvalue weighted by atomic mass is 9.86. The molecule has 0 aromatic carbocycles. The second-order valence-electron chi connectivity index (χ2n) is 5.38. The first-order chi connectivity index (χ1) is 9.76. The van der Waals surface area contributed by atoms with Crippen molar-refractivity contribution in [2.75, 3.05) is 25.4 Å². The van der Waals surface area contributed by atoms with E-state index in [-0.39, 0.29) is 6.54 Å². The Morgan fingerprint density at radius 2 is 2.14 bits per heavy atom. The molecular formula is C12H17F3N2O3S. The van der Waals surface area contributed by atoms with E-state index in [1.807, 2.05) is 0 Å². The summed E-state index contributed by atoms with van der Waals surface area (Å²) in [6.07, 6.45) is -3.41. The summed E-state index contributed by atoms with van der Waals surface area (Å²) in [5.41, 5.74) is -2.84. The predicted molar refractivity (Wildman–Crippen MR) is 71.2 cm³/mol. The molecule has 21 heavy (non-hydrogen) atoms. The normalized spacial score (nSPS) is 29.7. The highest BCUT2D eigenvalue weighted by Crippen LogP contribution is 2.45. The van der Waals surface area contributed by atoms with Crippen molar-refractivity contribution in [1.29, 1.82) is 0 Å². The molecule has 0 saturated carbocycles. The van der Waals surface area contributed by atoms with Gasteiger partial charge in [-0.2, -0.15) is 24.9 Å². The number of carboxylic acid groups (broad SMARTS) is 1. The molecule has 5 nitrogen and oxygen atoms in total. The van der Waals surface area contributed by atoms with Crippen LogP contribution >= 0.6 is 11.8 Å². The van der Waals surface area contributed by atoms with Crippen LogP contribution in [0.2, 0.25) is 0 Å². The lowest BCUT2D eigenvalue weighted by Crippen LogP contribution is -2.49. The first kappa shape index (κ1) is 16.3. The maximum atomic E-state index is 13.0. The molecule has 0 spiro atoms. The zero-order valence-corrected chi connectivity index (χ0v) is 12.1. The molecular weight excluding hydrogens is 309 g/mol. The van der Waals surface area contributed by atoms with Crippen molar-refractivity contribution >= 4 is 23.8 Å². The van der Waals surface area contributed by atoms with Gasteiger partial charge in [0.25, 0.3) is 0 Å². The maximum absolute atomic E-state index is 13.0. The topological polar surface area (TPSA) is 69.6 Å². The van der Waals surface area contributed by atoms with Crippen LogP contribution in [0.4, 0.5) is 18.0 Å². The molecule has 0 aromatic heterocycles. The standard InChI is InChI=1S/C12H17F3N2O3S/c13-12(14,15)11(9(18)19)3-4-17(7-11)10(20)16-6-8-2-1-5-21-8/h8H,1-7H2,(H,16,20)(H,18,19). The molecule has 2 unspecified atom stereocenters. The van der Waals surface area contributed by atoms with E-state index in [1.165, 1.54) is 0 Å².